The summed E-state index contributed by atoms with van der Waals surface area (Å²) in [5, 5.41) is 6.43. The Labute approximate surface area is 193 Å². The van der Waals surface area contributed by atoms with Gasteiger partial charge in [0.15, 0.2) is 11.5 Å². The van der Waals surface area contributed by atoms with Gasteiger partial charge < -0.3 is 19.5 Å². The summed E-state index contributed by atoms with van der Waals surface area (Å²) >= 11 is 6.42. The van der Waals surface area contributed by atoms with E-state index in [0.717, 1.165) is 38.3 Å². The van der Waals surface area contributed by atoms with Crippen LogP contribution >= 0.6 is 11.6 Å². The van der Waals surface area contributed by atoms with Crippen LogP contribution in [0, 0.1) is 6.92 Å². The molecular formula is C26H26ClN3O2. The van der Waals surface area contributed by atoms with Crippen LogP contribution in [0.15, 0.2) is 71.8 Å². The molecule has 0 bridgehead atoms. The van der Waals surface area contributed by atoms with E-state index in [-0.39, 0.29) is 0 Å². The van der Waals surface area contributed by atoms with Crippen LogP contribution in [-0.4, -0.2) is 25.0 Å². The summed E-state index contributed by atoms with van der Waals surface area (Å²) in [5.41, 5.74) is 8.68. The summed E-state index contributed by atoms with van der Waals surface area (Å²) in [4.78, 5) is 0. The highest BCUT2D eigenvalue weighted by Crippen LogP contribution is 2.28. The topological polar surface area (TPSA) is 47.8 Å². The number of aromatic nitrogens is 1. The van der Waals surface area contributed by atoms with Crippen LogP contribution in [0.2, 0.25) is 5.02 Å². The monoisotopic (exact) mass is 447 g/mol. The lowest BCUT2D eigenvalue weighted by molar-refractivity contribution is 0.354. The van der Waals surface area contributed by atoms with Crippen molar-refractivity contribution in [3.63, 3.8) is 0 Å². The van der Waals surface area contributed by atoms with Crippen molar-refractivity contribution in [1.82, 2.24) is 9.99 Å². The number of hydrazone groups is 1. The van der Waals surface area contributed by atoms with E-state index < -0.39 is 0 Å². The molecule has 0 radical (unpaired) electrons. The minimum absolute atomic E-state index is 0.578. The largest absolute Gasteiger partial charge is 0.493 e. The molecule has 4 rings (SSSR count). The smallest absolute Gasteiger partial charge is 0.161 e. The summed E-state index contributed by atoms with van der Waals surface area (Å²) < 4.78 is 13.0. The molecule has 6 heteroatoms. The maximum absolute atomic E-state index is 6.42. The van der Waals surface area contributed by atoms with E-state index in [1.54, 1.807) is 14.2 Å². The van der Waals surface area contributed by atoms with Crippen molar-refractivity contribution in [3.8, 4) is 11.5 Å². The van der Waals surface area contributed by atoms with Crippen LogP contribution in [-0.2, 0) is 13.1 Å². The Morgan fingerprint density at radius 3 is 2.50 bits per heavy atom. The minimum atomic E-state index is 0.578. The van der Waals surface area contributed by atoms with E-state index in [0.29, 0.717) is 24.6 Å². The first-order valence-corrected chi connectivity index (χ1v) is 10.8. The first-order valence-electron chi connectivity index (χ1n) is 10.4. The predicted octanol–water partition coefficient (Wildman–Crippen LogP) is 5.79. The first-order chi connectivity index (χ1) is 15.6. The summed E-state index contributed by atoms with van der Waals surface area (Å²) in [6, 6.07) is 22.2. The number of hydrogen-bond acceptors (Lipinski definition) is 4. The van der Waals surface area contributed by atoms with Crippen molar-refractivity contribution in [1.29, 1.82) is 0 Å². The SMILES string of the molecule is COc1ccc(CN/N=C/c2c(C)n(Cc3ccccc3Cl)c3ccccc23)cc1OC. The molecule has 0 saturated carbocycles. The van der Waals surface area contributed by atoms with Gasteiger partial charge >= 0.3 is 0 Å². The van der Waals surface area contributed by atoms with Gasteiger partial charge in [-0.3, -0.25) is 0 Å². The van der Waals surface area contributed by atoms with E-state index >= 15 is 0 Å². The van der Waals surface area contributed by atoms with Gasteiger partial charge in [0.25, 0.3) is 0 Å². The van der Waals surface area contributed by atoms with Crippen molar-refractivity contribution >= 4 is 28.7 Å². The van der Waals surface area contributed by atoms with Gasteiger partial charge in [0.1, 0.15) is 0 Å². The molecule has 4 aromatic rings. The second kappa shape index (κ2) is 9.79. The van der Waals surface area contributed by atoms with E-state index in [1.807, 2.05) is 42.6 Å². The van der Waals surface area contributed by atoms with Gasteiger partial charge in [-0.1, -0.05) is 54.1 Å². The molecule has 164 valence electrons. The molecule has 32 heavy (non-hydrogen) atoms. The quantitative estimate of drug-likeness (QED) is 0.274. The molecule has 0 unspecified atom stereocenters. The maximum atomic E-state index is 6.42. The molecule has 0 spiro atoms. The fraction of sp³-hybridized carbons (Fsp3) is 0.192. The summed E-state index contributed by atoms with van der Waals surface area (Å²) in [6.07, 6.45) is 1.89. The zero-order valence-electron chi connectivity index (χ0n) is 18.4. The number of nitrogens with one attached hydrogen (secondary N) is 1. The molecular weight excluding hydrogens is 422 g/mol. The number of halogens is 1. The van der Waals surface area contributed by atoms with Crippen LogP contribution < -0.4 is 14.9 Å². The molecule has 0 aliphatic heterocycles. The number of hydrogen-bond donors (Lipinski definition) is 1. The fourth-order valence-corrected chi connectivity index (χ4v) is 4.05. The van der Waals surface area contributed by atoms with Crippen LogP contribution in [0.5, 0.6) is 11.5 Å². The lowest BCUT2D eigenvalue weighted by Crippen LogP contribution is -2.06. The number of benzene rings is 3. The predicted molar refractivity (Wildman–Crippen MR) is 131 cm³/mol. The average molecular weight is 448 g/mol. The van der Waals surface area contributed by atoms with E-state index in [4.69, 9.17) is 21.1 Å². The van der Waals surface area contributed by atoms with Crippen LogP contribution in [0.1, 0.15) is 22.4 Å². The van der Waals surface area contributed by atoms with E-state index in [9.17, 15) is 0 Å². The third-order valence-electron chi connectivity index (χ3n) is 5.58. The molecule has 0 aliphatic rings. The van der Waals surface area contributed by atoms with Crippen molar-refractivity contribution < 1.29 is 9.47 Å². The van der Waals surface area contributed by atoms with Crippen LogP contribution in [0.4, 0.5) is 0 Å². The van der Waals surface area contributed by atoms with Gasteiger partial charge in [-0.25, -0.2) is 0 Å². The van der Waals surface area contributed by atoms with Crippen molar-refractivity contribution in [2.24, 2.45) is 5.10 Å². The Hall–Kier alpha value is -3.44. The second-order valence-corrected chi connectivity index (χ2v) is 7.88. The molecule has 1 aromatic heterocycles. The standard InChI is InChI=1S/C26H26ClN3O2/c1-18-22(16-29-28-15-19-12-13-25(31-2)26(14-19)32-3)21-9-5-7-11-24(21)30(18)17-20-8-4-6-10-23(20)27/h4-14,16,28H,15,17H2,1-3H3/b29-16+. The molecule has 0 amide bonds. The van der Waals surface area contributed by atoms with Crippen molar-refractivity contribution in [2.75, 3.05) is 14.2 Å². The third kappa shape index (κ3) is 4.43. The number of rotatable bonds is 8. The molecule has 0 aliphatic carbocycles. The van der Waals surface area contributed by atoms with Crippen LogP contribution in [0.3, 0.4) is 0 Å². The molecule has 0 saturated heterocycles. The van der Waals surface area contributed by atoms with Gasteiger partial charge in [-0.2, -0.15) is 5.10 Å². The normalized spacial score (nSPS) is 11.2. The van der Waals surface area contributed by atoms with Gasteiger partial charge in [0, 0.05) is 33.7 Å². The molecule has 0 atom stereocenters. The second-order valence-electron chi connectivity index (χ2n) is 7.48. The number of methoxy groups -OCH3 is 2. The van der Waals surface area contributed by atoms with Gasteiger partial charge in [0.05, 0.1) is 27.0 Å². The lowest BCUT2D eigenvalue weighted by atomic mass is 10.1. The molecule has 3 aromatic carbocycles. The highest BCUT2D eigenvalue weighted by molar-refractivity contribution is 6.31. The average Bonchev–Trinajstić information content (AvgIpc) is 3.09. The van der Waals surface area contributed by atoms with Gasteiger partial charge in [0.2, 0.25) is 0 Å². The van der Waals surface area contributed by atoms with Crippen LogP contribution in [0.25, 0.3) is 10.9 Å². The zero-order chi connectivity index (χ0) is 22.5. The van der Waals surface area contributed by atoms with E-state index in [1.165, 1.54) is 0 Å². The molecule has 1 heterocycles. The summed E-state index contributed by atoms with van der Waals surface area (Å²) in [7, 11) is 3.26. The molecule has 0 fully saturated rings. The summed E-state index contributed by atoms with van der Waals surface area (Å²) in [5.74, 6) is 1.41. The zero-order valence-corrected chi connectivity index (χ0v) is 19.2. The number of ether oxygens (including phenoxy) is 2. The van der Waals surface area contributed by atoms with E-state index in [2.05, 4.69) is 52.3 Å². The number of fused-ring (bicyclic) bond motifs is 1. The van der Waals surface area contributed by atoms with Gasteiger partial charge in [-0.05, 0) is 42.3 Å². The minimum Gasteiger partial charge on any atom is -0.493 e. The highest BCUT2D eigenvalue weighted by atomic mass is 35.5. The Morgan fingerprint density at radius 1 is 0.969 bits per heavy atom. The van der Waals surface area contributed by atoms with Gasteiger partial charge in [-0.15, -0.1) is 0 Å². The molecule has 5 nitrogen and oxygen atoms in total. The lowest BCUT2D eigenvalue weighted by Gasteiger charge is -2.10. The maximum Gasteiger partial charge on any atom is 0.161 e. The van der Waals surface area contributed by atoms with Crippen molar-refractivity contribution in [2.45, 2.75) is 20.0 Å². The Morgan fingerprint density at radius 2 is 1.72 bits per heavy atom. The summed E-state index contributed by atoms with van der Waals surface area (Å²) in [6.45, 7) is 3.40. The number of nitrogens with zero attached hydrogens (tertiary/aromatic N) is 2. The highest BCUT2D eigenvalue weighted by Gasteiger charge is 2.13. The Bertz CT molecular complexity index is 1260. The fourth-order valence-electron chi connectivity index (χ4n) is 3.86. The Balaban J connectivity index is 1.56. The third-order valence-corrected chi connectivity index (χ3v) is 5.95. The van der Waals surface area contributed by atoms with Crippen molar-refractivity contribution in [3.05, 3.63) is 94.1 Å². The first kappa shape index (κ1) is 21.8. The molecule has 1 N–H and O–H groups in total. The Kier molecular flexibility index (Phi) is 6.66. The number of para-hydroxylation sites is 1.